The average Bonchev–Trinajstić information content (AvgIpc) is 2.49. The zero-order chi connectivity index (χ0) is 20.0. The molecule has 1 saturated heterocycles. The van der Waals surface area contributed by atoms with Crippen LogP contribution in [0.1, 0.15) is 34.1 Å². The van der Waals surface area contributed by atoms with Crippen molar-refractivity contribution in [2.75, 3.05) is 19.9 Å². The monoisotopic (exact) mass is 398 g/mol. The third kappa shape index (κ3) is 7.38. The minimum Gasteiger partial charge on any atom is -0.481 e. The zero-order valence-electron chi connectivity index (χ0n) is 15.1. The second-order valence-electron chi connectivity index (χ2n) is 6.46. The maximum Gasteiger partial charge on any atom is 0.576 e. The quantitative estimate of drug-likeness (QED) is 0.309. The van der Waals surface area contributed by atoms with Gasteiger partial charge in [0.15, 0.2) is 6.10 Å². The third-order valence-corrected chi connectivity index (χ3v) is 4.51. The molecule has 0 aliphatic carbocycles. The molecule has 0 aromatic heterocycles. The highest BCUT2D eigenvalue weighted by molar-refractivity contribution is 7.55. The summed E-state index contributed by atoms with van der Waals surface area (Å²) >= 11 is 0. The molecule has 1 rings (SSSR count). The van der Waals surface area contributed by atoms with E-state index in [1.165, 1.54) is 0 Å². The van der Waals surface area contributed by atoms with Crippen LogP contribution in [-0.4, -0.2) is 60.2 Å². The summed E-state index contributed by atoms with van der Waals surface area (Å²) in [5, 5.41) is 11.0. The first-order valence-corrected chi connectivity index (χ1v) is 9.37. The van der Waals surface area contributed by atoms with Crippen molar-refractivity contribution in [3.05, 3.63) is 0 Å². The van der Waals surface area contributed by atoms with Crippen LogP contribution in [0.15, 0.2) is 0 Å². The predicted octanol–water partition coefficient (Wildman–Crippen LogP) is 1.22. The number of hydrogen-bond donors (Lipinski definition) is 3. The minimum absolute atomic E-state index is 0.0647. The second kappa shape index (κ2) is 9.43. The summed E-state index contributed by atoms with van der Waals surface area (Å²) in [6, 6.07) is 0. The van der Waals surface area contributed by atoms with Crippen molar-refractivity contribution in [1.29, 1.82) is 0 Å². The lowest BCUT2D eigenvalue weighted by atomic mass is 9.87. The Labute approximate surface area is 151 Å². The van der Waals surface area contributed by atoms with E-state index in [0.717, 1.165) is 0 Å². The summed E-state index contributed by atoms with van der Waals surface area (Å²) in [6.07, 6.45) is -2.78. The van der Waals surface area contributed by atoms with Crippen LogP contribution >= 0.6 is 8.17 Å². The van der Waals surface area contributed by atoms with Gasteiger partial charge < -0.3 is 19.9 Å². The molecule has 1 aliphatic rings. The number of amides is 1. The Balaban J connectivity index is 2.59. The summed E-state index contributed by atoms with van der Waals surface area (Å²) < 4.78 is 24.8. The van der Waals surface area contributed by atoms with Crippen molar-refractivity contribution in [2.45, 2.75) is 46.3 Å². The van der Waals surface area contributed by atoms with Crippen LogP contribution in [0, 0.1) is 5.41 Å². The van der Waals surface area contributed by atoms with E-state index in [-0.39, 0.29) is 25.7 Å². The molecule has 1 heterocycles. The van der Waals surface area contributed by atoms with Gasteiger partial charge in [0.05, 0.1) is 12.5 Å². The van der Waals surface area contributed by atoms with Gasteiger partial charge in [-0.3, -0.25) is 9.59 Å². The molecule has 1 fully saturated rings. The number of carboxylic acid groups (broad SMARTS) is 1. The van der Waals surface area contributed by atoms with Gasteiger partial charge in [0, 0.05) is 12.0 Å². The SMILES string of the molecule is CC(C)OC(=O)OCO[P+]1(O)OCC(C)(C)[C@H](C(=O)NCCC(=O)O)O1. The molecule has 26 heavy (non-hydrogen) atoms. The predicted molar refractivity (Wildman–Crippen MR) is 87.7 cm³/mol. The van der Waals surface area contributed by atoms with E-state index < -0.39 is 44.5 Å². The highest BCUT2D eigenvalue weighted by Crippen LogP contribution is 2.63. The van der Waals surface area contributed by atoms with Crippen LogP contribution in [0.2, 0.25) is 0 Å². The fourth-order valence-corrected chi connectivity index (χ4v) is 3.38. The average molecular weight is 398 g/mol. The van der Waals surface area contributed by atoms with Crippen molar-refractivity contribution in [3.63, 3.8) is 0 Å². The first-order chi connectivity index (χ1) is 11.9. The minimum atomic E-state index is -3.90. The van der Waals surface area contributed by atoms with E-state index in [4.69, 9.17) is 23.4 Å². The van der Waals surface area contributed by atoms with Gasteiger partial charge in [-0.1, -0.05) is 13.8 Å². The summed E-state index contributed by atoms with van der Waals surface area (Å²) in [4.78, 5) is 44.3. The highest BCUT2D eigenvalue weighted by atomic mass is 31.2. The van der Waals surface area contributed by atoms with E-state index in [0.29, 0.717) is 0 Å². The molecule has 0 aromatic rings. The van der Waals surface area contributed by atoms with E-state index in [1.54, 1.807) is 27.7 Å². The number of aliphatic carboxylic acids is 1. The van der Waals surface area contributed by atoms with E-state index >= 15 is 0 Å². The van der Waals surface area contributed by atoms with Crippen LogP contribution in [0.3, 0.4) is 0 Å². The van der Waals surface area contributed by atoms with Crippen molar-refractivity contribution in [2.24, 2.45) is 5.41 Å². The Kier molecular flexibility index (Phi) is 8.16. The molecule has 1 aliphatic heterocycles. The van der Waals surface area contributed by atoms with Gasteiger partial charge in [-0.2, -0.15) is 9.42 Å². The zero-order valence-corrected chi connectivity index (χ0v) is 16.0. The molecule has 1 amide bonds. The Morgan fingerprint density at radius 1 is 1.35 bits per heavy atom. The van der Waals surface area contributed by atoms with Gasteiger partial charge in [-0.25, -0.2) is 4.79 Å². The van der Waals surface area contributed by atoms with E-state index in [2.05, 4.69) is 10.1 Å². The number of carboxylic acids is 1. The number of nitrogens with one attached hydrogen (secondary N) is 1. The van der Waals surface area contributed by atoms with Gasteiger partial charge in [-0.15, -0.1) is 9.05 Å². The molecule has 3 N–H and O–H groups in total. The summed E-state index contributed by atoms with van der Waals surface area (Å²) in [5.74, 6) is -1.67. The Morgan fingerprint density at radius 3 is 2.58 bits per heavy atom. The number of carbonyl (C=O) groups excluding carboxylic acids is 2. The summed E-state index contributed by atoms with van der Waals surface area (Å²) in [5.41, 5.74) is -0.805. The van der Waals surface area contributed by atoms with Gasteiger partial charge in [0.1, 0.15) is 6.61 Å². The van der Waals surface area contributed by atoms with E-state index in [9.17, 15) is 19.3 Å². The molecular formula is C14H25NO10P+. The summed E-state index contributed by atoms with van der Waals surface area (Å²) in [6.45, 7) is 5.77. The Hall–Kier alpha value is -1.52. The van der Waals surface area contributed by atoms with E-state index in [1.807, 2.05) is 0 Å². The smallest absolute Gasteiger partial charge is 0.481 e. The lowest BCUT2D eigenvalue weighted by Crippen LogP contribution is -2.50. The Bertz CT molecular complexity index is 526. The molecule has 0 spiro atoms. The molecule has 11 nitrogen and oxygen atoms in total. The maximum absolute atomic E-state index is 12.2. The summed E-state index contributed by atoms with van der Waals surface area (Å²) in [7, 11) is -3.90. The van der Waals surface area contributed by atoms with Gasteiger partial charge in [0.2, 0.25) is 6.79 Å². The highest BCUT2D eigenvalue weighted by Gasteiger charge is 2.59. The van der Waals surface area contributed by atoms with Crippen molar-refractivity contribution in [3.8, 4) is 0 Å². The molecule has 0 radical (unpaired) electrons. The lowest BCUT2D eigenvalue weighted by Gasteiger charge is -2.36. The van der Waals surface area contributed by atoms with Crippen molar-refractivity contribution >= 4 is 26.2 Å². The van der Waals surface area contributed by atoms with Crippen LogP contribution < -0.4 is 5.32 Å². The molecule has 2 atom stereocenters. The second-order valence-corrected chi connectivity index (χ2v) is 8.12. The fraction of sp³-hybridized carbons (Fsp3) is 0.786. The van der Waals surface area contributed by atoms with Gasteiger partial charge in [-0.05, 0) is 13.8 Å². The van der Waals surface area contributed by atoms with Crippen LogP contribution in [0.5, 0.6) is 0 Å². The van der Waals surface area contributed by atoms with Gasteiger partial charge in [0.25, 0.3) is 5.91 Å². The number of ether oxygens (including phenoxy) is 2. The molecular weight excluding hydrogens is 373 g/mol. The van der Waals surface area contributed by atoms with Crippen molar-refractivity contribution < 1.29 is 47.4 Å². The maximum atomic E-state index is 12.2. The normalized spacial score (nSPS) is 24.8. The Morgan fingerprint density at radius 2 is 2.00 bits per heavy atom. The van der Waals surface area contributed by atoms with Crippen LogP contribution in [-0.2, 0) is 32.6 Å². The first kappa shape index (κ1) is 22.5. The molecule has 1 unspecified atom stereocenters. The first-order valence-electron chi connectivity index (χ1n) is 7.87. The number of carbonyl (C=O) groups is 3. The number of hydrogen-bond acceptors (Lipinski definition) is 9. The molecule has 12 heteroatoms. The standard InChI is InChI=1S/C14H24NO10P/c1-9(2)24-13(19)21-8-23-26(20)22-7-14(3,4)11(25-26)12(18)15-6-5-10(16)17/h9,11,20H,5-8H2,1-4H3,(H-,15,16,17,18)/p+1/t11-,26?/m0/s1. The van der Waals surface area contributed by atoms with Crippen LogP contribution in [0.4, 0.5) is 4.79 Å². The van der Waals surface area contributed by atoms with Crippen molar-refractivity contribution in [1.82, 2.24) is 5.32 Å². The topological polar surface area (TPSA) is 150 Å². The number of rotatable bonds is 8. The molecule has 0 aromatic carbocycles. The molecule has 150 valence electrons. The third-order valence-electron chi connectivity index (χ3n) is 3.15. The largest absolute Gasteiger partial charge is 0.576 e. The van der Waals surface area contributed by atoms with Crippen LogP contribution in [0.25, 0.3) is 0 Å². The molecule has 0 saturated carbocycles. The fourth-order valence-electron chi connectivity index (χ4n) is 1.85. The van der Waals surface area contributed by atoms with Gasteiger partial charge >= 0.3 is 20.3 Å². The molecule has 0 bridgehead atoms. The lowest BCUT2D eigenvalue weighted by molar-refractivity contribution is -0.146.